The van der Waals surface area contributed by atoms with Crippen LogP contribution >= 0.6 is 0 Å². The molecule has 0 aliphatic carbocycles. The zero-order valence-corrected chi connectivity index (χ0v) is 16.7. The van der Waals surface area contributed by atoms with E-state index in [1.54, 1.807) is 10.8 Å². The Morgan fingerprint density at radius 1 is 1.16 bits per heavy atom. The number of rotatable bonds is 6. The summed E-state index contributed by atoms with van der Waals surface area (Å²) in [5.41, 5.74) is 2.05. The molecule has 1 N–H and O–H groups in total. The molecule has 158 valence electrons. The Morgan fingerprint density at radius 2 is 1.94 bits per heavy atom. The zero-order valence-electron chi connectivity index (χ0n) is 16.7. The summed E-state index contributed by atoms with van der Waals surface area (Å²) in [6.45, 7) is 1.94. The van der Waals surface area contributed by atoms with Crippen LogP contribution in [-0.2, 0) is 6.54 Å². The molecular weight excluding hydrogens is 406 g/mol. The van der Waals surface area contributed by atoms with Crippen molar-refractivity contribution in [2.24, 2.45) is 0 Å². The summed E-state index contributed by atoms with van der Waals surface area (Å²) in [4.78, 5) is 20.5. The fourth-order valence-electron chi connectivity index (χ4n) is 3.11. The third-order valence-corrected chi connectivity index (χ3v) is 4.62. The number of hydrogen-bond donors (Lipinski definition) is 1. The Hall–Kier alpha value is -4.01. The Balaban J connectivity index is 1.75. The van der Waals surface area contributed by atoms with Crippen LogP contribution in [-0.4, -0.2) is 21.6 Å². The molecule has 4 rings (SSSR count). The van der Waals surface area contributed by atoms with Crippen LogP contribution in [0.2, 0.25) is 0 Å². The van der Waals surface area contributed by atoms with Crippen molar-refractivity contribution in [1.29, 1.82) is 0 Å². The van der Waals surface area contributed by atoms with E-state index < -0.39 is 17.2 Å². The Kier molecular flexibility index (Phi) is 5.48. The average molecular weight is 424 g/mol. The Morgan fingerprint density at radius 3 is 2.61 bits per heavy atom. The highest BCUT2D eigenvalue weighted by Crippen LogP contribution is 2.27. The van der Waals surface area contributed by atoms with Gasteiger partial charge in [-0.2, -0.15) is 4.98 Å². The minimum Gasteiger partial charge on any atom is -0.490 e. The fraction of sp³-hybridized carbons (Fsp3) is 0.136. The van der Waals surface area contributed by atoms with Gasteiger partial charge in [-0.05, 0) is 42.3 Å². The van der Waals surface area contributed by atoms with Crippen LogP contribution in [0.15, 0.2) is 64.3 Å². The molecule has 9 heteroatoms. The number of halogens is 2. The highest BCUT2D eigenvalue weighted by Gasteiger charge is 2.13. The molecule has 7 nitrogen and oxygen atoms in total. The molecule has 0 radical (unpaired) electrons. The molecule has 2 aromatic carbocycles. The van der Waals surface area contributed by atoms with Crippen LogP contribution < -0.4 is 15.6 Å². The zero-order chi connectivity index (χ0) is 22.0. The van der Waals surface area contributed by atoms with Crippen LogP contribution in [0.4, 0.5) is 20.4 Å². The second-order valence-electron chi connectivity index (χ2n) is 6.84. The second-order valence-corrected chi connectivity index (χ2v) is 6.84. The number of nitrogens with one attached hydrogen (secondary N) is 1. The van der Waals surface area contributed by atoms with E-state index in [1.807, 2.05) is 25.1 Å². The van der Waals surface area contributed by atoms with Crippen molar-refractivity contribution in [3.63, 3.8) is 0 Å². The van der Waals surface area contributed by atoms with Crippen molar-refractivity contribution in [3.05, 3.63) is 88.2 Å². The summed E-state index contributed by atoms with van der Waals surface area (Å²) < 4.78 is 39.3. The van der Waals surface area contributed by atoms with Gasteiger partial charge < -0.3 is 19.0 Å². The normalized spacial score (nSPS) is 10.8. The summed E-state index contributed by atoms with van der Waals surface area (Å²) in [7, 11) is 1.35. The molecule has 4 aromatic rings. The second kappa shape index (κ2) is 8.39. The van der Waals surface area contributed by atoms with Crippen LogP contribution in [0.25, 0.3) is 11.5 Å². The lowest BCUT2D eigenvalue weighted by Gasteiger charge is -2.17. The Bertz CT molecular complexity index is 1270. The van der Waals surface area contributed by atoms with Gasteiger partial charge in [0.15, 0.2) is 0 Å². The molecule has 0 amide bonds. The molecule has 0 fully saturated rings. The highest BCUT2D eigenvalue weighted by atomic mass is 19.1. The molecule has 0 bridgehead atoms. The van der Waals surface area contributed by atoms with E-state index in [9.17, 15) is 13.6 Å². The summed E-state index contributed by atoms with van der Waals surface area (Å²) in [5.74, 6) is -0.755. The van der Waals surface area contributed by atoms with Gasteiger partial charge in [-0.3, -0.25) is 4.79 Å². The van der Waals surface area contributed by atoms with Crippen molar-refractivity contribution in [3.8, 4) is 17.2 Å². The monoisotopic (exact) mass is 424 g/mol. The van der Waals surface area contributed by atoms with Crippen molar-refractivity contribution in [2.75, 3.05) is 12.4 Å². The first-order chi connectivity index (χ1) is 14.9. The van der Waals surface area contributed by atoms with Crippen LogP contribution in [0.1, 0.15) is 11.1 Å². The van der Waals surface area contributed by atoms with Gasteiger partial charge >= 0.3 is 5.56 Å². The molecule has 0 aliphatic heterocycles. The van der Waals surface area contributed by atoms with Crippen LogP contribution in [0, 0.1) is 18.6 Å². The number of aryl methyl sites for hydroxylation is 1. The molecule has 0 saturated carbocycles. The third-order valence-electron chi connectivity index (χ3n) is 4.62. The molecule has 0 aliphatic rings. The maximum absolute atomic E-state index is 13.6. The summed E-state index contributed by atoms with van der Waals surface area (Å²) in [5, 5.41) is 3.12. The summed E-state index contributed by atoms with van der Waals surface area (Å²) in [6.07, 6.45) is 4.46. The largest absolute Gasteiger partial charge is 0.490 e. The van der Waals surface area contributed by atoms with E-state index in [-0.39, 0.29) is 18.2 Å². The number of benzene rings is 2. The Labute approximate surface area is 176 Å². The van der Waals surface area contributed by atoms with E-state index in [0.717, 1.165) is 17.2 Å². The number of aromatic nitrogens is 3. The van der Waals surface area contributed by atoms with Gasteiger partial charge in [-0.15, -0.1) is 0 Å². The number of anilines is 2. The summed E-state index contributed by atoms with van der Waals surface area (Å²) in [6, 6.07) is 8.76. The molecule has 2 aromatic heterocycles. The first-order valence-corrected chi connectivity index (χ1v) is 9.31. The van der Waals surface area contributed by atoms with E-state index >= 15 is 0 Å². The van der Waals surface area contributed by atoms with Gasteiger partial charge in [0.25, 0.3) is 0 Å². The smallest absolute Gasteiger partial charge is 0.316 e. The lowest BCUT2D eigenvalue weighted by molar-refractivity contribution is 0.402. The third kappa shape index (κ3) is 4.45. The first kappa shape index (κ1) is 20.3. The van der Waals surface area contributed by atoms with Crippen LogP contribution in [0.5, 0.6) is 5.75 Å². The fourth-order valence-corrected chi connectivity index (χ4v) is 3.11. The van der Waals surface area contributed by atoms with Gasteiger partial charge in [0.1, 0.15) is 17.9 Å². The lowest BCUT2D eigenvalue weighted by Crippen LogP contribution is -2.19. The molecule has 31 heavy (non-hydrogen) atoms. The predicted molar refractivity (Wildman–Crippen MR) is 110 cm³/mol. The van der Waals surface area contributed by atoms with Gasteiger partial charge in [-0.1, -0.05) is 6.07 Å². The number of nitrogens with zero attached hydrogens (tertiary/aromatic N) is 3. The van der Waals surface area contributed by atoms with E-state index in [0.29, 0.717) is 17.1 Å². The minimum atomic E-state index is -0.694. The molecule has 2 heterocycles. The van der Waals surface area contributed by atoms with Gasteiger partial charge in [0, 0.05) is 17.3 Å². The van der Waals surface area contributed by atoms with Crippen molar-refractivity contribution < 1.29 is 17.9 Å². The maximum atomic E-state index is 13.6. The topological polar surface area (TPSA) is 82.2 Å². The van der Waals surface area contributed by atoms with E-state index in [2.05, 4.69) is 15.3 Å². The van der Waals surface area contributed by atoms with Gasteiger partial charge in [-0.25, -0.2) is 13.8 Å². The van der Waals surface area contributed by atoms with E-state index in [4.69, 9.17) is 9.15 Å². The highest BCUT2D eigenvalue weighted by molar-refractivity contribution is 5.67. The quantitative estimate of drug-likeness (QED) is 0.497. The van der Waals surface area contributed by atoms with Crippen molar-refractivity contribution in [2.45, 2.75) is 13.5 Å². The minimum absolute atomic E-state index is 0.00711. The maximum Gasteiger partial charge on any atom is 0.316 e. The summed E-state index contributed by atoms with van der Waals surface area (Å²) >= 11 is 0. The first-order valence-electron chi connectivity index (χ1n) is 9.31. The number of ether oxygens (including phenoxy) is 1. The molecule has 0 unspecified atom stereocenters. The average Bonchev–Trinajstić information content (AvgIpc) is 3.25. The van der Waals surface area contributed by atoms with Gasteiger partial charge in [0.05, 0.1) is 26.0 Å². The standard InChI is InChI=1S/C22H18F2N4O3/c1-13-3-4-15(21-25-5-6-31-21)9-18(13)26-22-27-20(29)19(30-2)12-28(22)11-14-7-16(23)10-17(24)8-14/h3-10,12H,11H2,1-2H3,(H,26,27,29). The molecule has 0 atom stereocenters. The number of oxazole rings is 1. The SMILES string of the molecule is COc1cn(Cc2cc(F)cc(F)c2)c(Nc2cc(-c3ncco3)ccc2C)nc1=O. The lowest BCUT2D eigenvalue weighted by atomic mass is 10.1. The number of methoxy groups -OCH3 is 1. The van der Waals surface area contributed by atoms with E-state index in [1.165, 1.54) is 31.7 Å². The molecule has 0 saturated heterocycles. The molecule has 0 spiro atoms. The predicted octanol–water partition coefficient (Wildman–Crippen LogP) is 4.29. The van der Waals surface area contributed by atoms with Crippen molar-refractivity contribution in [1.82, 2.24) is 14.5 Å². The van der Waals surface area contributed by atoms with Crippen LogP contribution in [0.3, 0.4) is 0 Å². The molecular formula is C22H18F2N4O3. The number of hydrogen-bond acceptors (Lipinski definition) is 6. The van der Waals surface area contributed by atoms with Crippen molar-refractivity contribution >= 4 is 11.6 Å². The van der Waals surface area contributed by atoms with Gasteiger partial charge in [0.2, 0.25) is 17.6 Å².